The van der Waals surface area contributed by atoms with Crippen LogP contribution in [0.4, 0.5) is 10.6 Å². The molecule has 0 unspecified atom stereocenters. The molecule has 0 radical (unpaired) electrons. The number of anilines is 1. The Morgan fingerprint density at radius 3 is 2.41 bits per heavy atom. The van der Waals surface area contributed by atoms with Gasteiger partial charge in [0.25, 0.3) is 0 Å². The van der Waals surface area contributed by atoms with Crippen LogP contribution < -0.4 is 10.2 Å². The maximum Gasteiger partial charge on any atom is 0.320 e. The van der Waals surface area contributed by atoms with Gasteiger partial charge in [-0.05, 0) is 79.8 Å². The largest absolute Gasteiger partial charge is 0.507 e. The summed E-state index contributed by atoms with van der Waals surface area (Å²) in [5, 5.41) is 27.5. The molecular formula is C47H52N10O5S. The first-order chi connectivity index (χ1) is 30.4. The number of piperazine rings is 1. The second kappa shape index (κ2) is 16.1. The van der Waals surface area contributed by atoms with Crippen LogP contribution in [0.3, 0.4) is 0 Å². The summed E-state index contributed by atoms with van der Waals surface area (Å²) in [6, 6.07) is 20.4. The molecule has 3 saturated heterocycles. The maximum absolute atomic E-state index is 14.6. The number of urea groups is 1. The Bertz CT molecular complexity index is 2670. The van der Waals surface area contributed by atoms with Crippen LogP contribution in [0.5, 0.6) is 5.75 Å². The highest BCUT2D eigenvalue weighted by atomic mass is 32.1. The van der Waals surface area contributed by atoms with Gasteiger partial charge in [0, 0.05) is 74.4 Å². The standard InChI is InChI=1S/C47H52N10O5S/c1-27(2)41(45(60)57-25-47(13-14-47)22-37(57)44(59)49-28(3)30-9-11-31(12-10-30)42-29(4)48-26-63-42)39-21-40(53-62-39)54-15-17-55(18-16-54)46(61)56-23-33(24-56)35-19-32-20-36(51-52-43(32)50-35)34-7-5-6-8-38(34)58/h5-12,19-21,26-28,33,37,41,58H,13-18,22-25H2,1-4H3,(H,49,59)(H,50,52)/t28-,37-,41+/m0/s1. The lowest BCUT2D eigenvalue weighted by atomic mass is 9.91. The van der Waals surface area contributed by atoms with Crippen LogP contribution in [0.25, 0.3) is 32.7 Å². The fraction of sp³-hybridized carbons (Fsp3) is 0.426. The van der Waals surface area contributed by atoms with E-state index in [1.165, 1.54) is 0 Å². The predicted molar refractivity (Wildman–Crippen MR) is 239 cm³/mol. The Kier molecular flexibility index (Phi) is 10.4. The highest BCUT2D eigenvalue weighted by Crippen LogP contribution is 2.55. The first kappa shape index (κ1) is 40.8. The zero-order chi connectivity index (χ0) is 43.6. The van der Waals surface area contributed by atoms with E-state index in [9.17, 15) is 19.5 Å². The minimum Gasteiger partial charge on any atom is -0.507 e. The number of fused-ring (bicyclic) bond motifs is 1. The number of nitrogens with zero attached hydrogens (tertiary/aromatic N) is 8. The highest BCUT2D eigenvalue weighted by Gasteiger charge is 2.56. The van der Waals surface area contributed by atoms with Crippen molar-refractivity contribution in [1.82, 2.24) is 45.3 Å². The van der Waals surface area contributed by atoms with Crippen molar-refractivity contribution in [2.45, 2.75) is 70.9 Å². The molecule has 1 saturated carbocycles. The summed E-state index contributed by atoms with van der Waals surface area (Å²) >= 11 is 1.62. The van der Waals surface area contributed by atoms with Gasteiger partial charge in [0.15, 0.2) is 17.2 Å². The van der Waals surface area contributed by atoms with Crippen molar-refractivity contribution in [2.75, 3.05) is 50.7 Å². The average Bonchev–Trinajstić information content (AvgIpc) is 3.70. The first-order valence-electron chi connectivity index (χ1n) is 21.9. The van der Waals surface area contributed by atoms with Crippen LogP contribution in [0.2, 0.25) is 0 Å². The van der Waals surface area contributed by atoms with E-state index in [2.05, 4.69) is 53.7 Å². The Morgan fingerprint density at radius 2 is 1.71 bits per heavy atom. The average molecular weight is 869 g/mol. The van der Waals surface area contributed by atoms with Gasteiger partial charge in [-0.2, -0.15) is 0 Å². The molecule has 3 aliphatic heterocycles. The number of hydrogen-bond donors (Lipinski definition) is 3. The Hall–Kier alpha value is -6.29. The fourth-order valence-electron chi connectivity index (χ4n) is 9.60. The van der Waals surface area contributed by atoms with Crippen molar-refractivity contribution in [3.63, 3.8) is 0 Å². The van der Waals surface area contributed by atoms with Gasteiger partial charge in [0.2, 0.25) is 11.8 Å². The summed E-state index contributed by atoms with van der Waals surface area (Å²) < 4.78 is 5.95. The van der Waals surface area contributed by atoms with Gasteiger partial charge in [-0.25, -0.2) is 9.78 Å². The van der Waals surface area contributed by atoms with E-state index >= 15 is 0 Å². The van der Waals surface area contributed by atoms with Crippen LogP contribution >= 0.6 is 11.3 Å². The molecule has 10 rings (SSSR count). The number of aromatic nitrogens is 5. The van der Waals surface area contributed by atoms with Crippen molar-refractivity contribution in [2.24, 2.45) is 11.3 Å². The molecule has 4 aliphatic rings. The number of carbonyl (C=O) groups excluding carboxylic acids is 3. The van der Waals surface area contributed by atoms with Crippen molar-refractivity contribution in [3.8, 4) is 27.4 Å². The van der Waals surface area contributed by atoms with E-state index in [1.54, 1.807) is 23.5 Å². The van der Waals surface area contributed by atoms with Crippen molar-refractivity contribution in [3.05, 3.63) is 95.0 Å². The zero-order valence-corrected chi connectivity index (χ0v) is 36.8. The van der Waals surface area contributed by atoms with E-state index in [1.807, 2.05) is 84.3 Å². The number of aromatic amines is 1. The number of aromatic hydroxyl groups is 1. The third-order valence-electron chi connectivity index (χ3n) is 13.6. The van der Waals surface area contributed by atoms with E-state index in [-0.39, 0.29) is 46.9 Å². The zero-order valence-electron chi connectivity index (χ0n) is 36.0. The first-order valence-corrected chi connectivity index (χ1v) is 22.8. The maximum atomic E-state index is 14.6. The van der Waals surface area contributed by atoms with Gasteiger partial charge in [0.1, 0.15) is 17.7 Å². The quantitative estimate of drug-likeness (QED) is 0.129. The van der Waals surface area contributed by atoms with E-state index in [0.717, 1.165) is 45.6 Å². The number of rotatable bonds is 10. The number of H-pyrrole nitrogens is 1. The topological polar surface area (TPSA) is 177 Å². The number of para-hydroxylation sites is 1. The number of hydrogen-bond acceptors (Lipinski definition) is 11. The van der Waals surface area contributed by atoms with Gasteiger partial charge >= 0.3 is 6.03 Å². The number of nitrogens with one attached hydrogen (secondary N) is 2. The normalized spacial score (nSPS) is 19.5. The Balaban J connectivity index is 0.742. The molecule has 2 aromatic carbocycles. The molecule has 4 aromatic heterocycles. The number of phenols is 1. The summed E-state index contributed by atoms with van der Waals surface area (Å²) in [6.45, 7) is 12.0. The Labute approximate surface area is 369 Å². The monoisotopic (exact) mass is 868 g/mol. The van der Waals surface area contributed by atoms with Crippen LogP contribution in [0, 0.1) is 18.3 Å². The molecule has 3 atom stereocenters. The Morgan fingerprint density at radius 1 is 0.952 bits per heavy atom. The number of aryl methyl sites for hydroxylation is 1. The van der Waals surface area contributed by atoms with E-state index in [4.69, 9.17) is 4.52 Å². The molecule has 4 fully saturated rings. The summed E-state index contributed by atoms with van der Waals surface area (Å²) in [7, 11) is 0. The summed E-state index contributed by atoms with van der Waals surface area (Å²) in [6.07, 6.45) is 2.70. The number of thiazole rings is 1. The SMILES string of the molecule is Cc1ncsc1-c1ccc([C@H](C)NC(=O)[C@@H]2CC3(CC3)CN2C(=O)[C@@H](c2cc(N3CCN(C(=O)N4CC(c5cc6cc(-c7ccccc7O)nnc6[nH]5)C4)CC3)no2)C(C)C)cc1. The molecule has 1 aliphatic carbocycles. The predicted octanol–water partition coefficient (Wildman–Crippen LogP) is 7.09. The van der Waals surface area contributed by atoms with Crippen LogP contribution in [0.1, 0.15) is 80.6 Å². The molecule has 0 bridgehead atoms. The van der Waals surface area contributed by atoms with Gasteiger partial charge in [-0.1, -0.05) is 55.4 Å². The molecule has 16 heteroatoms. The molecule has 6 aromatic rings. The number of amides is 4. The summed E-state index contributed by atoms with van der Waals surface area (Å²) in [5.41, 5.74) is 7.86. The van der Waals surface area contributed by atoms with Gasteiger partial charge in [0.05, 0.1) is 27.8 Å². The van der Waals surface area contributed by atoms with E-state index < -0.39 is 12.0 Å². The molecule has 3 N–H and O–H groups in total. The highest BCUT2D eigenvalue weighted by molar-refractivity contribution is 7.13. The summed E-state index contributed by atoms with van der Waals surface area (Å²) in [4.78, 5) is 58.7. The number of carbonyl (C=O) groups is 3. The number of likely N-dealkylation sites (tertiary alicyclic amines) is 2. The van der Waals surface area contributed by atoms with Gasteiger partial charge in [-0.3, -0.25) is 9.59 Å². The van der Waals surface area contributed by atoms with Crippen molar-refractivity contribution < 1.29 is 24.0 Å². The lowest BCUT2D eigenvalue weighted by molar-refractivity contribution is -0.141. The van der Waals surface area contributed by atoms with Crippen LogP contribution in [0.15, 0.2) is 76.8 Å². The molecule has 326 valence electrons. The van der Waals surface area contributed by atoms with Crippen LogP contribution in [-0.4, -0.2) is 115 Å². The van der Waals surface area contributed by atoms with Crippen LogP contribution in [-0.2, 0) is 9.59 Å². The second-order valence-corrected chi connectivity index (χ2v) is 19.1. The minimum atomic E-state index is -0.596. The third kappa shape index (κ3) is 7.78. The fourth-order valence-corrected chi connectivity index (χ4v) is 10.4. The molecule has 1 spiro atoms. The van der Waals surface area contributed by atoms with Crippen molar-refractivity contribution in [1.29, 1.82) is 0 Å². The second-order valence-electron chi connectivity index (χ2n) is 18.2. The number of benzene rings is 2. The summed E-state index contributed by atoms with van der Waals surface area (Å²) in [5.74, 6) is 0.536. The molecule has 7 heterocycles. The molecule has 15 nitrogen and oxygen atoms in total. The van der Waals surface area contributed by atoms with Gasteiger partial charge in [-0.15, -0.1) is 21.5 Å². The molecular weight excluding hydrogens is 817 g/mol. The van der Waals surface area contributed by atoms with Gasteiger partial charge < -0.3 is 39.5 Å². The number of phenolic OH excluding ortho intramolecular Hbond substituents is 1. The third-order valence-corrected chi connectivity index (χ3v) is 14.6. The lowest BCUT2D eigenvalue weighted by Crippen LogP contribution is -2.58. The minimum absolute atomic E-state index is 0.00257. The smallest absolute Gasteiger partial charge is 0.320 e. The molecule has 63 heavy (non-hydrogen) atoms. The lowest BCUT2D eigenvalue weighted by Gasteiger charge is -2.43. The van der Waals surface area contributed by atoms with E-state index in [0.29, 0.717) is 80.7 Å². The van der Waals surface area contributed by atoms with Crippen molar-refractivity contribution >= 4 is 46.0 Å². The molecule has 4 amide bonds.